The lowest BCUT2D eigenvalue weighted by atomic mass is 10.2. The zero-order valence-corrected chi connectivity index (χ0v) is 14.1. The number of carbonyl (C=O) groups is 1. The Bertz CT molecular complexity index is 421. The van der Waals surface area contributed by atoms with E-state index in [1.54, 1.807) is 7.05 Å². The number of piperazine rings is 1. The summed E-state index contributed by atoms with van der Waals surface area (Å²) in [5.41, 5.74) is 1.38. The fourth-order valence-electron chi connectivity index (χ4n) is 2.59. The predicted molar refractivity (Wildman–Crippen MR) is 92.3 cm³/mol. The van der Waals surface area contributed by atoms with Crippen molar-refractivity contribution in [2.45, 2.75) is 6.54 Å². The zero-order chi connectivity index (χ0) is 14.9. The van der Waals surface area contributed by atoms with E-state index in [9.17, 15) is 4.79 Å². The first-order valence-electron chi connectivity index (χ1n) is 7.68. The van der Waals surface area contributed by atoms with Gasteiger partial charge in [0.2, 0.25) is 5.91 Å². The van der Waals surface area contributed by atoms with Crippen LogP contribution in [0, 0.1) is 0 Å². The predicted octanol–water partition coefficient (Wildman–Crippen LogP) is 0.562. The summed E-state index contributed by atoms with van der Waals surface area (Å²) in [6, 6.07) is 10.6. The Labute approximate surface area is 139 Å². The van der Waals surface area contributed by atoms with Gasteiger partial charge in [-0.15, -0.1) is 12.4 Å². The maximum Gasteiger partial charge on any atom is 0.233 e. The maximum absolute atomic E-state index is 11.3. The highest BCUT2D eigenvalue weighted by molar-refractivity contribution is 5.85. The van der Waals surface area contributed by atoms with Crippen molar-refractivity contribution in [3.8, 4) is 0 Å². The Balaban J connectivity index is 0.00000242. The first kappa shape index (κ1) is 18.9. The molecule has 0 atom stereocenters. The van der Waals surface area contributed by atoms with Crippen LogP contribution in [0.3, 0.4) is 0 Å². The summed E-state index contributed by atoms with van der Waals surface area (Å²) in [6.07, 6.45) is 0. The molecule has 1 aromatic carbocycles. The van der Waals surface area contributed by atoms with E-state index >= 15 is 0 Å². The van der Waals surface area contributed by atoms with Gasteiger partial charge in [0, 0.05) is 45.8 Å². The quantitative estimate of drug-likeness (QED) is 0.769. The normalized spacial score (nSPS) is 16.0. The molecule has 1 aliphatic rings. The third-order valence-electron chi connectivity index (χ3n) is 3.80. The van der Waals surface area contributed by atoms with Crippen LogP contribution in [0.5, 0.6) is 0 Å². The van der Waals surface area contributed by atoms with Crippen molar-refractivity contribution in [1.82, 2.24) is 20.4 Å². The summed E-state index contributed by atoms with van der Waals surface area (Å²) in [6.45, 7) is 7.45. The van der Waals surface area contributed by atoms with Crippen LogP contribution >= 0.6 is 12.4 Å². The molecule has 1 heterocycles. The number of nitrogens with one attached hydrogen (secondary N) is 2. The van der Waals surface area contributed by atoms with E-state index in [1.807, 2.05) is 0 Å². The molecule has 2 rings (SSSR count). The molecule has 1 fully saturated rings. The third kappa shape index (κ3) is 6.75. The fourth-order valence-corrected chi connectivity index (χ4v) is 2.59. The van der Waals surface area contributed by atoms with E-state index in [2.05, 4.69) is 50.8 Å². The minimum absolute atomic E-state index is 0. The second-order valence-corrected chi connectivity index (χ2v) is 5.48. The number of amides is 1. The number of hydrogen-bond acceptors (Lipinski definition) is 4. The number of rotatable bonds is 7. The van der Waals surface area contributed by atoms with Gasteiger partial charge in [0.05, 0.1) is 6.54 Å². The van der Waals surface area contributed by atoms with Crippen molar-refractivity contribution in [3.05, 3.63) is 35.9 Å². The summed E-state index contributed by atoms with van der Waals surface area (Å²) in [5, 5.41) is 5.78. The van der Waals surface area contributed by atoms with Crippen LogP contribution in [0.1, 0.15) is 5.56 Å². The topological polar surface area (TPSA) is 47.6 Å². The average Bonchev–Trinajstić information content (AvgIpc) is 2.50. The van der Waals surface area contributed by atoms with Gasteiger partial charge >= 0.3 is 0 Å². The van der Waals surface area contributed by atoms with E-state index in [0.717, 1.165) is 45.8 Å². The van der Waals surface area contributed by atoms with Crippen LogP contribution in [-0.2, 0) is 11.3 Å². The summed E-state index contributed by atoms with van der Waals surface area (Å²) in [4.78, 5) is 16.2. The average molecular weight is 327 g/mol. The molecule has 1 saturated heterocycles. The third-order valence-corrected chi connectivity index (χ3v) is 3.80. The highest BCUT2D eigenvalue weighted by Crippen LogP contribution is 2.07. The van der Waals surface area contributed by atoms with Crippen LogP contribution in [0.2, 0.25) is 0 Å². The first-order valence-corrected chi connectivity index (χ1v) is 7.68. The molecule has 0 radical (unpaired) electrons. The van der Waals surface area contributed by atoms with Crippen molar-refractivity contribution >= 4 is 18.3 Å². The van der Waals surface area contributed by atoms with Crippen molar-refractivity contribution < 1.29 is 4.79 Å². The molecule has 0 unspecified atom stereocenters. The number of halogens is 1. The van der Waals surface area contributed by atoms with E-state index < -0.39 is 0 Å². The number of likely N-dealkylation sites (N-methyl/N-ethyl adjacent to an activating group) is 1. The molecular weight excluding hydrogens is 300 g/mol. The van der Waals surface area contributed by atoms with E-state index in [0.29, 0.717) is 6.54 Å². The molecule has 5 nitrogen and oxygen atoms in total. The smallest absolute Gasteiger partial charge is 0.233 e. The molecule has 1 amide bonds. The lowest BCUT2D eigenvalue weighted by Gasteiger charge is -2.34. The largest absolute Gasteiger partial charge is 0.354 e. The van der Waals surface area contributed by atoms with Gasteiger partial charge in [0.25, 0.3) is 0 Å². The highest BCUT2D eigenvalue weighted by Gasteiger charge is 2.16. The Morgan fingerprint density at radius 3 is 2.36 bits per heavy atom. The van der Waals surface area contributed by atoms with Gasteiger partial charge in [-0.1, -0.05) is 30.3 Å². The molecule has 0 bridgehead atoms. The van der Waals surface area contributed by atoms with Crippen LogP contribution in [0.15, 0.2) is 30.3 Å². The molecule has 0 aliphatic carbocycles. The Morgan fingerprint density at radius 1 is 1.09 bits per heavy atom. The van der Waals surface area contributed by atoms with Crippen molar-refractivity contribution in [1.29, 1.82) is 0 Å². The minimum Gasteiger partial charge on any atom is -0.354 e. The molecule has 1 aliphatic heterocycles. The summed E-state index contributed by atoms with van der Waals surface area (Å²) < 4.78 is 0. The molecular formula is C16H27ClN4O. The first-order chi connectivity index (χ1) is 10.3. The second kappa shape index (κ2) is 10.6. The molecule has 6 heteroatoms. The van der Waals surface area contributed by atoms with E-state index in [4.69, 9.17) is 0 Å². The standard InChI is InChI=1S/C16H26N4O.ClH/c1-17-13-16(21)18-7-8-19-9-11-20(12-10-19)14-15-5-3-2-4-6-15;/h2-6,17H,7-14H2,1H3,(H,18,21);1H. The summed E-state index contributed by atoms with van der Waals surface area (Å²) in [7, 11) is 1.78. The summed E-state index contributed by atoms with van der Waals surface area (Å²) >= 11 is 0. The molecule has 1 aromatic rings. The van der Waals surface area contributed by atoms with Crippen LogP contribution in [-0.4, -0.2) is 68.6 Å². The molecule has 124 valence electrons. The second-order valence-electron chi connectivity index (χ2n) is 5.48. The van der Waals surface area contributed by atoms with Gasteiger partial charge < -0.3 is 10.6 Å². The van der Waals surface area contributed by atoms with Crippen LogP contribution < -0.4 is 10.6 Å². The number of carbonyl (C=O) groups excluding carboxylic acids is 1. The van der Waals surface area contributed by atoms with Crippen LogP contribution in [0.25, 0.3) is 0 Å². The van der Waals surface area contributed by atoms with Crippen LogP contribution in [0.4, 0.5) is 0 Å². The number of hydrogen-bond donors (Lipinski definition) is 2. The van der Waals surface area contributed by atoms with Crippen molar-refractivity contribution in [3.63, 3.8) is 0 Å². The monoisotopic (exact) mass is 326 g/mol. The summed E-state index contributed by atoms with van der Waals surface area (Å²) in [5.74, 6) is 0.0696. The lowest BCUT2D eigenvalue weighted by Crippen LogP contribution is -2.48. The van der Waals surface area contributed by atoms with Gasteiger partial charge in [-0.25, -0.2) is 0 Å². The molecule has 22 heavy (non-hydrogen) atoms. The molecule has 0 saturated carbocycles. The zero-order valence-electron chi connectivity index (χ0n) is 13.3. The number of nitrogens with zero attached hydrogens (tertiary/aromatic N) is 2. The van der Waals surface area contributed by atoms with Crippen molar-refractivity contribution in [2.75, 3.05) is 52.9 Å². The minimum atomic E-state index is 0. The highest BCUT2D eigenvalue weighted by atomic mass is 35.5. The molecule has 2 N–H and O–H groups in total. The van der Waals surface area contributed by atoms with Gasteiger partial charge in [-0.3, -0.25) is 14.6 Å². The van der Waals surface area contributed by atoms with Gasteiger partial charge in [0.1, 0.15) is 0 Å². The SMILES string of the molecule is CNCC(=O)NCCN1CCN(Cc2ccccc2)CC1.Cl. The Kier molecular flexibility index (Phi) is 9.08. The Hall–Kier alpha value is -1.14. The molecule has 0 aromatic heterocycles. The van der Waals surface area contributed by atoms with E-state index in [-0.39, 0.29) is 18.3 Å². The molecule has 0 spiro atoms. The Morgan fingerprint density at radius 2 is 1.73 bits per heavy atom. The van der Waals surface area contributed by atoms with Crippen molar-refractivity contribution in [2.24, 2.45) is 0 Å². The van der Waals surface area contributed by atoms with Gasteiger partial charge in [-0.05, 0) is 12.6 Å². The van der Waals surface area contributed by atoms with Gasteiger partial charge in [-0.2, -0.15) is 0 Å². The van der Waals surface area contributed by atoms with Gasteiger partial charge in [0.15, 0.2) is 0 Å². The fraction of sp³-hybridized carbons (Fsp3) is 0.562. The van der Waals surface area contributed by atoms with E-state index in [1.165, 1.54) is 5.56 Å². The lowest BCUT2D eigenvalue weighted by molar-refractivity contribution is -0.120. The number of benzene rings is 1. The maximum atomic E-state index is 11.3.